The molecule has 2 N–H and O–H groups in total. The summed E-state index contributed by atoms with van der Waals surface area (Å²) in [5.74, 6) is -1.17. The summed E-state index contributed by atoms with van der Waals surface area (Å²) in [5.41, 5.74) is 6.00. The molecule has 0 heterocycles. The van der Waals surface area contributed by atoms with E-state index in [9.17, 15) is 19.3 Å². The Labute approximate surface area is 119 Å². The molecule has 0 radical (unpaired) electrons. The minimum Gasteiger partial charge on any atom is -0.465 e. The SMILES string of the molecule is COC(=O)c1cc(-c2ccc(F)cc2)c(N)c([N+](=O)[O-])c1. The molecule has 0 bridgehead atoms. The number of nitro groups is 1. The van der Waals surface area contributed by atoms with Crippen LogP contribution < -0.4 is 5.73 Å². The molecule has 0 atom stereocenters. The number of nitro benzene ring substituents is 1. The van der Waals surface area contributed by atoms with Crippen molar-refractivity contribution in [2.45, 2.75) is 0 Å². The minimum atomic E-state index is -0.721. The molecule has 0 amide bonds. The van der Waals surface area contributed by atoms with Gasteiger partial charge in [-0.05, 0) is 23.8 Å². The number of carbonyl (C=O) groups excluding carboxylic acids is 1. The lowest BCUT2D eigenvalue weighted by molar-refractivity contribution is -0.383. The van der Waals surface area contributed by atoms with Crippen molar-refractivity contribution in [1.82, 2.24) is 0 Å². The average molecular weight is 290 g/mol. The molecule has 0 saturated heterocycles. The summed E-state index contributed by atoms with van der Waals surface area (Å²) < 4.78 is 17.5. The van der Waals surface area contributed by atoms with Crippen molar-refractivity contribution < 1.29 is 18.8 Å². The van der Waals surface area contributed by atoms with Gasteiger partial charge >= 0.3 is 5.97 Å². The zero-order valence-corrected chi connectivity index (χ0v) is 11.0. The number of anilines is 1. The maximum atomic E-state index is 13.0. The summed E-state index contributed by atoms with van der Waals surface area (Å²) in [7, 11) is 1.17. The molecule has 0 saturated carbocycles. The Morgan fingerprint density at radius 1 is 1.29 bits per heavy atom. The van der Waals surface area contributed by atoms with Crippen molar-refractivity contribution in [3.63, 3.8) is 0 Å². The van der Waals surface area contributed by atoms with Crippen LogP contribution in [0.3, 0.4) is 0 Å². The van der Waals surface area contributed by atoms with Crippen LogP contribution in [0.2, 0.25) is 0 Å². The maximum absolute atomic E-state index is 13.0. The molecule has 0 aliphatic heterocycles. The first kappa shape index (κ1) is 14.4. The van der Waals surface area contributed by atoms with E-state index in [4.69, 9.17) is 5.73 Å². The molecule has 108 valence electrons. The Hall–Kier alpha value is -2.96. The second kappa shape index (κ2) is 5.58. The first-order chi connectivity index (χ1) is 9.93. The lowest BCUT2D eigenvalue weighted by Crippen LogP contribution is -2.05. The molecule has 0 aromatic heterocycles. The van der Waals surface area contributed by atoms with Gasteiger partial charge in [-0.2, -0.15) is 0 Å². The van der Waals surface area contributed by atoms with Crippen molar-refractivity contribution in [1.29, 1.82) is 0 Å². The lowest BCUT2D eigenvalue weighted by atomic mass is 9.99. The van der Waals surface area contributed by atoms with Gasteiger partial charge in [0, 0.05) is 11.6 Å². The monoisotopic (exact) mass is 290 g/mol. The molecule has 0 unspecified atom stereocenters. The first-order valence-electron chi connectivity index (χ1n) is 5.86. The van der Waals surface area contributed by atoms with Gasteiger partial charge in [0.25, 0.3) is 5.69 Å². The number of halogens is 1. The van der Waals surface area contributed by atoms with Crippen LogP contribution in [0.25, 0.3) is 11.1 Å². The fourth-order valence-corrected chi connectivity index (χ4v) is 1.89. The number of esters is 1. The molecule has 21 heavy (non-hydrogen) atoms. The van der Waals surface area contributed by atoms with E-state index in [1.165, 1.54) is 37.4 Å². The Bertz CT molecular complexity index is 714. The molecule has 7 heteroatoms. The van der Waals surface area contributed by atoms with Gasteiger partial charge in [-0.3, -0.25) is 10.1 Å². The zero-order chi connectivity index (χ0) is 15.6. The van der Waals surface area contributed by atoms with Gasteiger partial charge in [-0.25, -0.2) is 9.18 Å². The number of hydrogen-bond acceptors (Lipinski definition) is 5. The van der Waals surface area contributed by atoms with Crippen LogP contribution in [0.1, 0.15) is 10.4 Å². The molecule has 2 aromatic carbocycles. The number of hydrogen-bond donors (Lipinski definition) is 1. The predicted molar refractivity (Wildman–Crippen MR) is 74.2 cm³/mol. The fourth-order valence-electron chi connectivity index (χ4n) is 1.89. The van der Waals surface area contributed by atoms with Crippen LogP contribution in [-0.4, -0.2) is 18.0 Å². The van der Waals surface area contributed by atoms with Gasteiger partial charge < -0.3 is 10.5 Å². The molecule has 0 aliphatic rings. The summed E-state index contributed by atoms with van der Waals surface area (Å²) in [6, 6.07) is 7.67. The Morgan fingerprint density at radius 3 is 2.43 bits per heavy atom. The fraction of sp³-hybridized carbons (Fsp3) is 0.0714. The molecular formula is C14H11FN2O4. The number of nitrogens with zero attached hydrogens (tertiary/aromatic N) is 1. The van der Waals surface area contributed by atoms with E-state index in [-0.39, 0.29) is 16.8 Å². The van der Waals surface area contributed by atoms with Crippen molar-refractivity contribution in [2.75, 3.05) is 12.8 Å². The second-order valence-electron chi connectivity index (χ2n) is 4.21. The quantitative estimate of drug-likeness (QED) is 0.406. The van der Waals surface area contributed by atoms with Crippen molar-refractivity contribution in [2.24, 2.45) is 0 Å². The topological polar surface area (TPSA) is 95.5 Å². The number of nitrogens with two attached hydrogens (primary N) is 1. The van der Waals surface area contributed by atoms with Gasteiger partial charge in [-0.15, -0.1) is 0 Å². The number of carbonyl (C=O) groups is 1. The van der Waals surface area contributed by atoms with Crippen LogP contribution in [0, 0.1) is 15.9 Å². The molecule has 0 aliphatic carbocycles. The highest BCUT2D eigenvalue weighted by Crippen LogP contribution is 2.35. The van der Waals surface area contributed by atoms with E-state index < -0.39 is 22.4 Å². The van der Waals surface area contributed by atoms with E-state index in [2.05, 4.69) is 4.74 Å². The maximum Gasteiger partial charge on any atom is 0.338 e. The first-order valence-corrected chi connectivity index (χ1v) is 5.86. The smallest absolute Gasteiger partial charge is 0.338 e. The van der Waals surface area contributed by atoms with Crippen molar-refractivity contribution >= 4 is 17.3 Å². The molecule has 2 rings (SSSR count). The molecule has 2 aromatic rings. The van der Waals surface area contributed by atoms with Gasteiger partial charge in [0.15, 0.2) is 0 Å². The van der Waals surface area contributed by atoms with Crippen molar-refractivity contribution in [3.05, 3.63) is 57.9 Å². The highest BCUT2D eigenvalue weighted by Gasteiger charge is 2.21. The number of ether oxygens (including phenoxy) is 1. The Morgan fingerprint density at radius 2 is 1.90 bits per heavy atom. The predicted octanol–water partition coefficient (Wildman–Crippen LogP) is 2.77. The Kier molecular flexibility index (Phi) is 3.84. The largest absolute Gasteiger partial charge is 0.465 e. The van der Waals surface area contributed by atoms with Gasteiger partial charge in [0.05, 0.1) is 17.6 Å². The third kappa shape index (κ3) is 2.81. The van der Waals surface area contributed by atoms with Crippen LogP contribution in [0.15, 0.2) is 36.4 Å². The summed E-state index contributed by atoms with van der Waals surface area (Å²) in [4.78, 5) is 21.9. The third-order valence-corrected chi connectivity index (χ3v) is 2.93. The minimum absolute atomic E-state index is 0.00211. The van der Waals surface area contributed by atoms with Gasteiger partial charge in [0.2, 0.25) is 0 Å². The standard InChI is InChI=1S/C14H11FN2O4/c1-21-14(18)9-6-11(8-2-4-10(15)5-3-8)13(16)12(7-9)17(19)20/h2-7H,16H2,1H3. The second-order valence-corrected chi connectivity index (χ2v) is 4.21. The van der Waals surface area contributed by atoms with Crippen LogP contribution >= 0.6 is 0 Å². The number of benzene rings is 2. The summed E-state index contributed by atoms with van der Waals surface area (Å²) in [6.07, 6.45) is 0. The lowest BCUT2D eigenvalue weighted by Gasteiger charge is -2.09. The van der Waals surface area contributed by atoms with E-state index in [1.807, 2.05) is 0 Å². The summed E-state index contributed by atoms with van der Waals surface area (Å²) in [5, 5.41) is 11.0. The van der Waals surface area contributed by atoms with Crippen LogP contribution in [0.4, 0.5) is 15.8 Å². The highest BCUT2D eigenvalue weighted by atomic mass is 19.1. The molecule has 0 fully saturated rings. The zero-order valence-electron chi connectivity index (χ0n) is 11.0. The van der Waals surface area contributed by atoms with Gasteiger partial charge in [-0.1, -0.05) is 12.1 Å². The number of methoxy groups -OCH3 is 1. The molecular weight excluding hydrogens is 279 g/mol. The van der Waals surface area contributed by atoms with Crippen LogP contribution in [-0.2, 0) is 4.74 Å². The average Bonchev–Trinajstić information content (AvgIpc) is 2.47. The normalized spacial score (nSPS) is 10.2. The summed E-state index contributed by atoms with van der Waals surface area (Å²) in [6.45, 7) is 0. The molecule has 0 spiro atoms. The number of rotatable bonds is 3. The summed E-state index contributed by atoms with van der Waals surface area (Å²) >= 11 is 0. The number of nitrogen functional groups attached to an aromatic ring is 1. The van der Waals surface area contributed by atoms with Crippen LogP contribution in [0.5, 0.6) is 0 Å². The third-order valence-electron chi connectivity index (χ3n) is 2.93. The van der Waals surface area contributed by atoms with Crippen molar-refractivity contribution in [3.8, 4) is 11.1 Å². The molecule has 6 nitrogen and oxygen atoms in total. The van der Waals surface area contributed by atoms with E-state index in [1.54, 1.807) is 0 Å². The van der Waals surface area contributed by atoms with E-state index in [0.29, 0.717) is 5.56 Å². The Balaban J connectivity index is 2.68. The van der Waals surface area contributed by atoms with E-state index in [0.717, 1.165) is 6.07 Å². The van der Waals surface area contributed by atoms with E-state index >= 15 is 0 Å². The highest BCUT2D eigenvalue weighted by molar-refractivity contribution is 5.95. The van der Waals surface area contributed by atoms with Gasteiger partial charge in [0.1, 0.15) is 11.5 Å².